The van der Waals surface area contributed by atoms with Crippen LogP contribution in [-0.4, -0.2) is 47.8 Å². The Labute approximate surface area is 99.2 Å². The third-order valence-electron chi connectivity index (χ3n) is 4.30. The van der Waals surface area contributed by atoms with E-state index in [1.807, 2.05) is 0 Å². The highest BCUT2D eigenvalue weighted by molar-refractivity contribution is 4.92. The van der Waals surface area contributed by atoms with E-state index >= 15 is 0 Å². The Kier molecular flexibility index (Phi) is 4.22. The van der Waals surface area contributed by atoms with Gasteiger partial charge in [-0.25, -0.2) is 0 Å². The fraction of sp³-hybridized carbons (Fsp3) is 1.00. The molecule has 0 bridgehead atoms. The molecule has 0 aromatic carbocycles. The van der Waals surface area contributed by atoms with Crippen molar-refractivity contribution in [2.45, 2.75) is 57.7 Å². The number of hydrogen-bond donors (Lipinski definition) is 2. The van der Waals surface area contributed by atoms with Gasteiger partial charge in [0.1, 0.15) is 0 Å². The van der Waals surface area contributed by atoms with Crippen LogP contribution in [0.2, 0.25) is 0 Å². The molecule has 0 amide bonds. The molecule has 1 aliphatic carbocycles. The minimum atomic E-state index is 0.300. The molecule has 1 aliphatic heterocycles. The lowest BCUT2D eigenvalue weighted by Gasteiger charge is -2.44. The average molecular weight is 226 g/mol. The van der Waals surface area contributed by atoms with Gasteiger partial charge in [-0.15, -0.1) is 0 Å². The van der Waals surface area contributed by atoms with Gasteiger partial charge in [0.05, 0.1) is 6.61 Å². The van der Waals surface area contributed by atoms with E-state index in [0.29, 0.717) is 24.6 Å². The number of hydrogen-bond acceptors (Lipinski definition) is 3. The van der Waals surface area contributed by atoms with Gasteiger partial charge in [-0.2, -0.15) is 0 Å². The van der Waals surface area contributed by atoms with Gasteiger partial charge >= 0.3 is 0 Å². The Morgan fingerprint density at radius 2 is 2.00 bits per heavy atom. The molecule has 1 heterocycles. The first-order chi connectivity index (χ1) is 7.72. The van der Waals surface area contributed by atoms with Crippen LogP contribution in [0.15, 0.2) is 0 Å². The van der Waals surface area contributed by atoms with Gasteiger partial charge in [-0.1, -0.05) is 26.7 Å². The van der Waals surface area contributed by atoms with Crippen molar-refractivity contribution in [2.75, 3.05) is 19.7 Å². The van der Waals surface area contributed by atoms with Crippen molar-refractivity contribution in [3.63, 3.8) is 0 Å². The molecule has 94 valence electrons. The lowest BCUT2D eigenvalue weighted by Crippen LogP contribution is -2.61. The third kappa shape index (κ3) is 2.58. The molecule has 0 radical (unpaired) electrons. The zero-order valence-corrected chi connectivity index (χ0v) is 10.7. The zero-order valence-electron chi connectivity index (χ0n) is 10.7. The summed E-state index contributed by atoms with van der Waals surface area (Å²) in [5.41, 5.74) is 0. The molecular formula is C13H26N2O. The summed E-state index contributed by atoms with van der Waals surface area (Å²) in [7, 11) is 0. The molecule has 1 saturated carbocycles. The average Bonchev–Trinajstić information content (AvgIpc) is 2.81. The summed E-state index contributed by atoms with van der Waals surface area (Å²) in [4.78, 5) is 2.58. The minimum Gasteiger partial charge on any atom is -0.395 e. The van der Waals surface area contributed by atoms with Crippen LogP contribution in [0, 0.1) is 5.92 Å². The predicted molar refractivity (Wildman–Crippen MR) is 66.5 cm³/mol. The van der Waals surface area contributed by atoms with E-state index in [1.165, 1.54) is 25.7 Å². The number of nitrogens with zero attached hydrogens (tertiary/aromatic N) is 1. The highest BCUT2D eigenvalue weighted by Gasteiger charge is 2.34. The first-order valence-corrected chi connectivity index (χ1v) is 6.82. The van der Waals surface area contributed by atoms with Crippen LogP contribution in [-0.2, 0) is 0 Å². The predicted octanol–water partition coefficient (Wildman–Crippen LogP) is 1.22. The first-order valence-electron chi connectivity index (χ1n) is 6.82. The summed E-state index contributed by atoms with van der Waals surface area (Å²) in [5.74, 6) is 0.684. The number of aliphatic hydroxyl groups excluding tert-OH is 1. The van der Waals surface area contributed by atoms with E-state index in [9.17, 15) is 5.11 Å². The largest absolute Gasteiger partial charge is 0.395 e. The third-order valence-corrected chi connectivity index (χ3v) is 4.30. The molecular weight excluding hydrogens is 200 g/mol. The molecule has 2 N–H and O–H groups in total. The van der Waals surface area contributed by atoms with Gasteiger partial charge in [0.25, 0.3) is 0 Å². The van der Waals surface area contributed by atoms with Gasteiger partial charge < -0.3 is 10.4 Å². The maximum absolute atomic E-state index is 9.46. The number of nitrogens with one attached hydrogen (secondary N) is 1. The van der Waals surface area contributed by atoms with Crippen molar-refractivity contribution in [1.29, 1.82) is 0 Å². The van der Waals surface area contributed by atoms with Crippen molar-refractivity contribution in [3.8, 4) is 0 Å². The Hall–Kier alpha value is -0.120. The van der Waals surface area contributed by atoms with Crippen LogP contribution in [0.3, 0.4) is 0 Å². The molecule has 2 rings (SSSR count). The van der Waals surface area contributed by atoms with Crippen LogP contribution < -0.4 is 5.32 Å². The van der Waals surface area contributed by atoms with Crippen LogP contribution in [0.5, 0.6) is 0 Å². The lowest BCUT2D eigenvalue weighted by molar-refractivity contribution is 0.0381. The van der Waals surface area contributed by atoms with Gasteiger partial charge in [0.15, 0.2) is 0 Å². The second-order valence-corrected chi connectivity index (χ2v) is 5.73. The monoisotopic (exact) mass is 226 g/mol. The fourth-order valence-electron chi connectivity index (χ4n) is 3.14. The number of aliphatic hydroxyl groups is 1. The Morgan fingerprint density at radius 3 is 2.56 bits per heavy atom. The van der Waals surface area contributed by atoms with Crippen LogP contribution in [0.1, 0.15) is 39.5 Å². The normalized spacial score (nSPS) is 33.8. The number of rotatable bonds is 3. The molecule has 1 saturated heterocycles. The van der Waals surface area contributed by atoms with E-state index in [-0.39, 0.29) is 0 Å². The van der Waals surface area contributed by atoms with E-state index in [1.54, 1.807) is 0 Å². The van der Waals surface area contributed by atoms with Gasteiger partial charge in [-0.3, -0.25) is 4.90 Å². The second-order valence-electron chi connectivity index (χ2n) is 5.73. The number of piperazine rings is 1. The molecule has 2 unspecified atom stereocenters. The lowest BCUT2D eigenvalue weighted by atomic mass is 9.97. The standard InChI is InChI=1S/C13H26N2O/c1-10(2)13-8-15(11-5-3-4-6-11)12(9-16)7-14-13/h10-14,16H,3-9H2,1-2H3. The molecule has 0 aromatic heterocycles. The molecule has 2 atom stereocenters. The summed E-state index contributed by atoms with van der Waals surface area (Å²) in [6.45, 7) is 6.94. The molecule has 16 heavy (non-hydrogen) atoms. The van der Waals surface area contributed by atoms with Crippen molar-refractivity contribution in [1.82, 2.24) is 10.2 Å². The Bertz CT molecular complexity index is 212. The smallest absolute Gasteiger partial charge is 0.0599 e. The minimum absolute atomic E-state index is 0.300. The van der Waals surface area contributed by atoms with Crippen LogP contribution >= 0.6 is 0 Å². The molecule has 0 spiro atoms. The van der Waals surface area contributed by atoms with Gasteiger partial charge in [0, 0.05) is 31.2 Å². The second kappa shape index (κ2) is 5.48. The zero-order chi connectivity index (χ0) is 11.5. The first kappa shape index (κ1) is 12.3. The SMILES string of the molecule is CC(C)C1CN(C2CCCC2)C(CO)CN1. The highest BCUT2D eigenvalue weighted by atomic mass is 16.3. The summed E-state index contributed by atoms with van der Waals surface area (Å²) >= 11 is 0. The summed E-state index contributed by atoms with van der Waals surface area (Å²) in [6.07, 6.45) is 5.42. The van der Waals surface area contributed by atoms with Crippen molar-refractivity contribution < 1.29 is 5.11 Å². The van der Waals surface area contributed by atoms with Gasteiger partial charge in [-0.05, 0) is 18.8 Å². The van der Waals surface area contributed by atoms with E-state index in [4.69, 9.17) is 0 Å². The quantitative estimate of drug-likeness (QED) is 0.759. The van der Waals surface area contributed by atoms with Crippen molar-refractivity contribution >= 4 is 0 Å². The summed E-state index contributed by atoms with van der Waals surface area (Å²) in [6, 6.07) is 1.68. The van der Waals surface area contributed by atoms with Crippen molar-refractivity contribution in [3.05, 3.63) is 0 Å². The topological polar surface area (TPSA) is 35.5 Å². The van der Waals surface area contributed by atoms with E-state index < -0.39 is 0 Å². The Morgan fingerprint density at radius 1 is 1.31 bits per heavy atom. The maximum Gasteiger partial charge on any atom is 0.0599 e. The van der Waals surface area contributed by atoms with E-state index in [2.05, 4.69) is 24.1 Å². The maximum atomic E-state index is 9.46. The van der Waals surface area contributed by atoms with Gasteiger partial charge in [0.2, 0.25) is 0 Å². The summed E-state index contributed by atoms with van der Waals surface area (Å²) in [5, 5.41) is 13.0. The van der Waals surface area contributed by atoms with E-state index in [0.717, 1.165) is 19.1 Å². The molecule has 2 aliphatic rings. The van der Waals surface area contributed by atoms with Crippen molar-refractivity contribution in [2.24, 2.45) is 5.92 Å². The van der Waals surface area contributed by atoms with Crippen LogP contribution in [0.25, 0.3) is 0 Å². The fourth-order valence-corrected chi connectivity index (χ4v) is 3.14. The van der Waals surface area contributed by atoms with Crippen LogP contribution in [0.4, 0.5) is 0 Å². The Balaban J connectivity index is 1.98. The molecule has 2 fully saturated rings. The molecule has 3 heteroatoms. The molecule has 0 aromatic rings. The summed E-state index contributed by atoms with van der Waals surface area (Å²) < 4.78 is 0. The molecule has 3 nitrogen and oxygen atoms in total. The highest BCUT2D eigenvalue weighted by Crippen LogP contribution is 2.27.